The van der Waals surface area contributed by atoms with Crippen molar-refractivity contribution >= 4 is 22.8 Å². The van der Waals surface area contributed by atoms with Crippen molar-refractivity contribution < 1.29 is 23.5 Å². The van der Waals surface area contributed by atoms with Crippen LogP contribution in [0.1, 0.15) is 16.1 Å². The van der Waals surface area contributed by atoms with Gasteiger partial charge >= 0.3 is 0 Å². The summed E-state index contributed by atoms with van der Waals surface area (Å²) < 4.78 is 17.2. The van der Waals surface area contributed by atoms with Gasteiger partial charge in [0.1, 0.15) is 12.2 Å². The van der Waals surface area contributed by atoms with Crippen molar-refractivity contribution in [1.29, 1.82) is 0 Å². The summed E-state index contributed by atoms with van der Waals surface area (Å²) in [7, 11) is 0. The van der Waals surface area contributed by atoms with Crippen molar-refractivity contribution in [2.75, 3.05) is 32.8 Å². The molecule has 2 amide bonds. The maximum atomic E-state index is 12.9. The smallest absolute Gasteiger partial charge is 0.289 e. The van der Waals surface area contributed by atoms with Crippen LogP contribution < -0.4 is 14.9 Å². The zero-order chi connectivity index (χ0) is 22.2. The second-order valence-corrected chi connectivity index (χ2v) is 7.96. The van der Waals surface area contributed by atoms with Crippen molar-refractivity contribution in [1.82, 2.24) is 9.80 Å². The average molecular weight is 434 g/mol. The highest BCUT2D eigenvalue weighted by atomic mass is 16.6. The molecule has 32 heavy (non-hydrogen) atoms. The quantitative estimate of drug-likeness (QED) is 0.615. The summed E-state index contributed by atoms with van der Waals surface area (Å²) in [4.78, 5) is 41.5. The first-order chi connectivity index (χ1) is 15.5. The van der Waals surface area contributed by atoms with Crippen LogP contribution in [0.4, 0.5) is 0 Å². The van der Waals surface area contributed by atoms with Crippen molar-refractivity contribution in [3.63, 3.8) is 0 Å². The van der Waals surface area contributed by atoms with Crippen molar-refractivity contribution in [2.24, 2.45) is 0 Å². The third-order valence-corrected chi connectivity index (χ3v) is 5.76. The molecule has 0 saturated carbocycles. The van der Waals surface area contributed by atoms with Crippen LogP contribution in [-0.4, -0.2) is 60.5 Å². The lowest BCUT2D eigenvalue weighted by molar-refractivity contribution is -0.142. The number of benzene rings is 2. The van der Waals surface area contributed by atoms with Crippen LogP contribution in [0.15, 0.2) is 57.7 Å². The molecule has 0 unspecified atom stereocenters. The Labute approximate surface area is 183 Å². The minimum atomic E-state index is -0.714. The van der Waals surface area contributed by atoms with E-state index in [1.54, 1.807) is 34.1 Å². The lowest BCUT2D eigenvalue weighted by Crippen LogP contribution is -2.55. The predicted molar refractivity (Wildman–Crippen MR) is 116 cm³/mol. The zero-order valence-electron chi connectivity index (χ0n) is 17.6. The largest absolute Gasteiger partial charge is 0.485 e. The van der Waals surface area contributed by atoms with Gasteiger partial charge in [-0.05, 0) is 31.2 Å². The molecule has 1 aromatic heterocycles. The van der Waals surface area contributed by atoms with Gasteiger partial charge in [0.2, 0.25) is 6.10 Å². The Morgan fingerprint density at radius 1 is 0.938 bits per heavy atom. The number of piperazine rings is 1. The van der Waals surface area contributed by atoms with E-state index in [1.165, 1.54) is 6.07 Å². The Morgan fingerprint density at radius 2 is 1.66 bits per heavy atom. The lowest BCUT2D eigenvalue weighted by atomic mass is 10.1. The van der Waals surface area contributed by atoms with E-state index >= 15 is 0 Å². The number of ether oxygens (including phenoxy) is 2. The second-order valence-electron chi connectivity index (χ2n) is 7.96. The highest BCUT2D eigenvalue weighted by molar-refractivity contribution is 5.93. The number of hydrogen-bond donors (Lipinski definition) is 0. The molecule has 3 aromatic rings. The van der Waals surface area contributed by atoms with Gasteiger partial charge in [-0.25, -0.2) is 0 Å². The summed E-state index contributed by atoms with van der Waals surface area (Å²) in [6.07, 6.45) is -0.714. The van der Waals surface area contributed by atoms with Crippen LogP contribution in [0.5, 0.6) is 11.5 Å². The molecule has 3 heterocycles. The fourth-order valence-corrected chi connectivity index (χ4v) is 4.01. The molecule has 2 aliphatic rings. The first-order valence-electron chi connectivity index (χ1n) is 10.5. The fraction of sp³-hybridized carbons (Fsp3) is 0.292. The molecule has 2 aliphatic heterocycles. The van der Waals surface area contributed by atoms with E-state index in [9.17, 15) is 14.4 Å². The molecule has 1 atom stereocenters. The molecule has 0 spiro atoms. The molecule has 0 N–H and O–H groups in total. The normalized spacial score (nSPS) is 18.0. The Balaban J connectivity index is 1.24. The van der Waals surface area contributed by atoms with Gasteiger partial charge in [0.25, 0.3) is 11.8 Å². The molecule has 8 heteroatoms. The summed E-state index contributed by atoms with van der Waals surface area (Å²) in [6.45, 7) is 3.44. The summed E-state index contributed by atoms with van der Waals surface area (Å²) in [5.74, 6) is 0.653. The van der Waals surface area contributed by atoms with Crippen LogP contribution in [-0.2, 0) is 4.79 Å². The monoisotopic (exact) mass is 434 g/mol. The molecule has 2 aromatic carbocycles. The summed E-state index contributed by atoms with van der Waals surface area (Å²) in [6, 6.07) is 13.8. The van der Waals surface area contributed by atoms with E-state index in [-0.39, 0.29) is 29.6 Å². The topological polar surface area (TPSA) is 89.3 Å². The second kappa shape index (κ2) is 8.03. The third kappa shape index (κ3) is 3.68. The standard InChI is InChI=1S/C24H22N2O6/c1-15-6-7-18-16(12-15)17(27)13-21(31-18)23(28)25-8-10-26(11-9-25)24(29)22-14-30-19-4-2-3-5-20(19)32-22/h2-7,12-13,22H,8-11,14H2,1H3/t22-/m1/s1. The Bertz CT molecular complexity index is 1260. The number of nitrogens with zero attached hydrogens (tertiary/aromatic N) is 2. The number of hydrogen-bond acceptors (Lipinski definition) is 6. The molecule has 164 valence electrons. The predicted octanol–water partition coefficient (Wildman–Crippen LogP) is 2.23. The van der Waals surface area contributed by atoms with Crippen molar-refractivity contribution in [3.05, 3.63) is 70.1 Å². The number of carbonyl (C=O) groups is 2. The molecule has 8 nitrogen and oxygen atoms in total. The van der Waals surface area contributed by atoms with Gasteiger partial charge in [-0.1, -0.05) is 23.8 Å². The number of aryl methyl sites for hydroxylation is 1. The van der Waals surface area contributed by atoms with Crippen LogP contribution in [0.25, 0.3) is 11.0 Å². The summed E-state index contributed by atoms with van der Waals surface area (Å²) >= 11 is 0. The van der Waals surface area contributed by atoms with E-state index in [0.717, 1.165) is 5.56 Å². The van der Waals surface area contributed by atoms with Gasteiger partial charge < -0.3 is 23.7 Å². The highest BCUT2D eigenvalue weighted by Gasteiger charge is 2.34. The first kappa shape index (κ1) is 20.1. The van der Waals surface area contributed by atoms with Gasteiger partial charge in [0.05, 0.1) is 5.39 Å². The van der Waals surface area contributed by atoms with Gasteiger partial charge in [-0.15, -0.1) is 0 Å². The van der Waals surface area contributed by atoms with Crippen LogP contribution >= 0.6 is 0 Å². The van der Waals surface area contributed by atoms with E-state index < -0.39 is 6.10 Å². The molecule has 0 aliphatic carbocycles. The van der Waals surface area contributed by atoms with Gasteiger partial charge in [0.15, 0.2) is 22.7 Å². The van der Waals surface area contributed by atoms with Crippen molar-refractivity contribution in [2.45, 2.75) is 13.0 Å². The third-order valence-electron chi connectivity index (χ3n) is 5.76. The SMILES string of the molecule is Cc1ccc2oc(C(=O)N3CCN(C(=O)[C@H]4COc5ccccc5O4)CC3)cc(=O)c2c1. The molecule has 5 rings (SSSR count). The molecule has 1 saturated heterocycles. The van der Waals surface area contributed by atoms with Gasteiger partial charge in [-0.2, -0.15) is 0 Å². The highest BCUT2D eigenvalue weighted by Crippen LogP contribution is 2.31. The average Bonchev–Trinajstić information content (AvgIpc) is 2.83. The Morgan fingerprint density at radius 3 is 2.44 bits per heavy atom. The minimum absolute atomic E-state index is 0.00625. The lowest BCUT2D eigenvalue weighted by Gasteiger charge is -2.36. The van der Waals surface area contributed by atoms with Crippen LogP contribution in [0.2, 0.25) is 0 Å². The summed E-state index contributed by atoms with van der Waals surface area (Å²) in [5, 5.41) is 0.452. The first-order valence-corrected chi connectivity index (χ1v) is 10.5. The van der Waals surface area contributed by atoms with E-state index in [0.29, 0.717) is 48.6 Å². The van der Waals surface area contributed by atoms with E-state index in [2.05, 4.69) is 0 Å². The number of para-hydroxylation sites is 2. The minimum Gasteiger partial charge on any atom is -0.485 e. The maximum absolute atomic E-state index is 12.9. The van der Waals surface area contributed by atoms with E-state index in [4.69, 9.17) is 13.9 Å². The molecular weight excluding hydrogens is 412 g/mol. The summed E-state index contributed by atoms with van der Waals surface area (Å²) in [5.41, 5.74) is 1.08. The molecule has 0 bridgehead atoms. The molecular formula is C24H22N2O6. The number of fused-ring (bicyclic) bond motifs is 2. The number of amides is 2. The van der Waals surface area contributed by atoms with Crippen molar-refractivity contribution in [3.8, 4) is 11.5 Å². The molecule has 1 fully saturated rings. The Hall–Kier alpha value is -3.81. The molecule has 0 radical (unpaired) electrons. The number of rotatable bonds is 2. The fourth-order valence-electron chi connectivity index (χ4n) is 4.01. The number of carbonyl (C=O) groups excluding carboxylic acids is 2. The van der Waals surface area contributed by atoms with E-state index in [1.807, 2.05) is 25.1 Å². The Kier molecular flexibility index (Phi) is 5.05. The van der Waals surface area contributed by atoms with Crippen LogP contribution in [0, 0.1) is 6.92 Å². The van der Waals surface area contributed by atoms with Gasteiger partial charge in [0, 0.05) is 32.2 Å². The zero-order valence-corrected chi connectivity index (χ0v) is 17.6. The van der Waals surface area contributed by atoms with Crippen LogP contribution in [0.3, 0.4) is 0 Å². The van der Waals surface area contributed by atoms with Gasteiger partial charge in [-0.3, -0.25) is 14.4 Å². The maximum Gasteiger partial charge on any atom is 0.289 e.